The van der Waals surface area contributed by atoms with Crippen LogP contribution in [-0.4, -0.2) is 29.1 Å². The number of nitrogens with zero attached hydrogens (tertiary/aromatic N) is 4. The van der Waals surface area contributed by atoms with E-state index in [4.69, 9.17) is 0 Å². The van der Waals surface area contributed by atoms with Crippen LogP contribution in [0.4, 0.5) is 0 Å². The summed E-state index contributed by atoms with van der Waals surface area (Å²) in [5, 5.41) is 4.03. The average molecular weight is 306 g/mol. The van der Waals surface area contributed by atoms with Crippen LogP contribution >= 0.6 is 11.5 Å². The number of aryl methyl sites for hydroxylation is 2. The minimum absolute atomic E-state index is 0.300. The van der Waals surface area contributed by atoms with Crippen LogP contribution in [-0.2, 0) is 13.0 Å². The summed E-state index contributed by atoms with van der Waals surface area (Å²) < 4.78 is 5.38. The third-order valence-electron chi connectivity index (χ3n) is 3.19. The molecule has 3 aromatic rings. The standard InChI is InChI=1S/C12H14N6O2S/c1-3-5-18-10-7(11(19)15-12(18)20)13-9(14-10)8-6(4-2)16-17-21-8/h3-5H2,1-2H3,(H,13,14)(H,15,19,20). The Morgan fingerprint density at radius 2 is 2.05 bits per heavy atom. The van der Waals surface area contributed by atoms with E-state index >= 15 is 0 Å². The first-order chi connectivity index (χ1) is 10.2. The molecule has 3 rings (SSSR count). The maximum Gasteiger partial charge on any atom is 0.330 e. The van der Waals surface area contributed by atoms with Crippen LogP contribution in [0.15, 0.2) is 9.59 Å². The number of fused-ring (bicyclic) bond motifs is 1. The van der Waals surface area contributed by atoms with E-state index in [1.54, 1.807) is 0 Å². The van der Waals surface area contributed by atoms with Gasteiger partial charge in [0.05, 0.1) is 5.69 Å². The summed E-state index contributed by atoms with van der Waals surface area (Å²) in [4.78, 5) is 34.3. The highest BCUT2D eigenvalue weighted by atomic mass is 32.1. The molecule has 0 amide bonds. The Morgan fingerprint density at radius 1 is 1.24 bits per heavy atom. The van der Waals surface area contributed by atoms with E-state index in [-0.39, 0.29) is 0 Å². The normalized spacial score (nSPS) is 11.3. The van der Waals surface area contributed by atoms with Crippen LogP contribution in [0.3, 0.4) is 0 Å². The fourth-order valence-electron chi connectivity index (χ4n) is 2.20. The Balaban J connectivity index is 2.29. The van der Waals surface area contributed by atoms with Gasteiger partial charge in [0, 0.05) is 6.54 Å². The molecule has 0 saturated carbocycles. The molecule has 0 aliphatic heterocycles. The van der Waals surface area contributed by atoms with Gasteiger partial charge in [-0.15, -0.1) is 5.10 Å². The molecule has 0 bridgehead atoms. The average Bonchev–Trinajstić information content (AvgIpc) is 3.09. The van der Waals surface area contributed by atoms with Gasteiger partial charge in [0.2, 0.25) is 0 Å². The van der Waals surface area contributed by atoms with Crippen molar-refractivity contribution >= 4 is 22.7 Å². The Kier molecular flexibility index (Phi) is 3.42. The van der Waals surface area contributed by atoms with Gasteiger partial charge in [0.1, 0.15) is 10.4 Å². The molecular weight excluding hydrogens is 292 g/mol. The highest BCUT2D eigenvalue weighted by Crippen LogP contribution is 2.24. The van der Waals surface area contributed by atoms with Crippen molar-refractivity contribution in [1.29, 1.82) is 0 Å². The van der Waals surface area contributed by atoms with Gasteiger partial charge in [0.15, 0.2) is 11.5 Å². The molecule has 0 aliphatic rings. The number of H-pyrrole nitrogens is 2. The molecule has 110 valence electrons. The van der Waals surface area contributed by atoms with Crippen LogP contribution in [0.2, 0.25) is 0 Å². The molecule has 3 heterocycles. The zero-order chi connectivity index (χ0) is 15.0. The van der Waals surface area contributed by atoms with Gasteiger partial charge in [-0.05, 0) is 24.4 Å². The Labute approximate surface area is 123 Å². The lowest BCUT2D eigenvalue weighted by atomic mass is 10.3. The molecule has 2 N–H and O–H groups in total. The second-order valence-corrected chi connectivity index (χ2v) is 5.35. The highest BCUT2D eigenvalue weighted by molar-refractivity contribution is 7.09. The van der Waals surface area contributed by atoms with Crippen LogP contribution in [0, 0.1) is 0 Å². The molecular formula is C12H14N6O2S. The van der Waals surface area contributed by atoms with Crippen LogP contribution in [0.1, 0.15) is 26.0 Å². The maximum absolute atomic E-state index is 11.9. The minimum atomic E-state index is -0.461. The van der Waals surface area contributed by atoms with Gasteiger partial charge in [-0.2, -0.15) is 0 Å². The number of aromatic nitrogens is 6. The number of rotatable bonds is 4. The quantitative estimate of drug-likeness (QED) is 0.744. The van der Waals surface area contributed by atoms with Crippen molar-refractivity contribution in [2.24, 2.45) is 0 Å². The third-order valence-corrected chi connectivity index (χ3v) is 3.96. The summed E-state index contributed by atoms with van der Waals surface area (Å²) in [6.07, 6.45) is 1.49. The van der Waals surface area contributed by atoms with E-state index in [0.717, 1.165) is 23.4 Å². The molecule has 0 saturated heterocycles. The van der Waals surface area contributed by atoms with Gasteiger partial charge in [-0.3, -0.25) is 14.3 Å². The van der Waals surface area contributed by atoms with Gasteiger partial charge in [-0.1, -0.05) is 18.3 Å². The van der Waals surface area contributed by atoms with Crippen molar-refractivity contribution in [2.75, 3.05) is 0 Å². The number of hydrogen-bond donors (Lipinski definition) is 2. The lowest BCUT2D eigenvalue weighted by molar-refractivity contribution is 0.653. The number of aromatic amines is 2. The molecule has 9 heteroatoms. The largest absolute Gasteiger partial charge is 0.331 e. The zero-order valence-corrected chi connectivity index (χ0v) is 12.5. The van der Waals surface area contributed by atoms with E-state index in [9.17, 15) is 9.59 Å². The number of imidazole rings is 1. The smallest absolute Gasteiger partial charge is 0.330 e. The third kappa shape index (κ3) is 2.19. The molecule has 0 atom stereocenters. The first-order valence-corrected chi connectivity index (χ1v) is 7.47. The lowest BCUT2D eigenvalue weighted by Gasteiger charge is -2.02. The van der Waals surface area contributed by atoms with Crippen molar-refractivity contribution in [3.05, 3.63) is 26.5 Å². The first kappa shape index (κ1) is 13.7. The first-order valence-electron chi connectivity index (χ1n) is 6.70. The minimum Gasteiger partial charge on any atom is -0.331 e. The molecule has 0 aliphatic carbocycles. The predicted octanol–water partition coefficient (Wildman–Crippen LogP) is 0.904. The summed E-state index contributed by atoms with van der Waals surface area (Å²) in [5.74, 6) is 0.526. The van der Waals surface area contributed by atoms with Crippen molar-refractivity contribution in [2.45, 2.75) is 33.2 Å². The summed E-state index contributed by atoms with van der Waals surface area (Å²) in [6.45, 7) is 4.43. The maximum atomic E-state index is 11.9. The topological polar surface area (TPSA) is 109 Å². The summed E-state index contributed by atoms with van der Waals surface area (Å²) in [7, 11) is 0. The molecule has 0 unspecified atom stereocenters. The molecule has 0 fully saturated rings. The van der Waals surface area contributed by atoms with Gasteiger partial charge in [0.25, 0.3) is 5.56 Å². The van der Waals surface area contributed by atoms with E-state index in [2.05, 4.69) is 24.5 Å². The molecule has 0 radical (unpaired) electrons. The Morgan fingerprint density at radius 3 is 2.76 bits per heavy atom. The van der Waals surface area contributed by atoms with Crippen LogP contribution in [0.25, 0.3) is 21.9 Å². The second-order valence-electron chi connectivity index (χ2n) is 4.60. The van der Waals surface area contributed by atoms with Gasteiger partial charge in [-0.25, -0.2) is 9.78 Å². The number of nitrogens with one attached hydrogen (secondary N) is 2. The monoisotopic (exact) mass is 306 g/mol. The van der Waals surface area contributed by atoms with E-state index in [1.807, 2.05) is 13.8 Å². The predicted molar refractivity (Wildman–Crippen MR) is 79.5 cm³/mol. The molecule has 3 aromatic heterocycles. The number of hydrogen-bond acceptors (Lipinski definition) is 6. The molecule has 0 spiro atoms. The van der Waals surface area contributed by atoms with Crippen molar-refractivity contribution in [3.8, 4) is 10.7 Å². The van der Waals surface area contributed by atoms with Crippen molar-refractivity contribution in [1.82, 2.24) is 29.1 Å². The highest BCUT2D eigenvalue weighted by Gasteiger charge is 2.17. The van der Waals surface area contributed by atoms with E-state index in [1.165, 1.54) is 16.1 Å². The van der Waals surface area contributed by atoms with Gasteiger partial charge < -0.3 is 4.98 Å². The molecule has 0 aromatic carbocycles. The molecule has 8 nitrogen and oxygen atoms in total. The van der Waals surface area contributed by atoms with Crippen LogP contribution < -0.4 is 11.2 Å². The van der Waals surface area contributed by atoms with Crippen molar-refractivity contribution < 1.29 is 0 Å². The fourth-order valence-corrected chi connectivity index (χ4v) is 2.89. The Bertz CT molecular complexity index is 902. The van der Waals surface area contributed by atoms with E-state index < -0.39 is 11.2 Å². The lowest BCUT2D eigenvalue weighted by Crippen LogP contribution is -2.30. The SMILES string of the molecule is CCCn1c(=O)[nH]c(=O)c2[nH]c(-c3snnc3CC)nc21. The molecule has 21 heavy (non-hydrogen) atoms. The zero-order valence-electron chi connectivity index (χ0n) is 11.6. The summed E-state index contributed by atoms with van der Waals surface area (Å²) in [6, 6.07) is 0. The summed E-state index contributed by atoms with van der Waals surface area (Å²) >= 11 is 1.22. The Hall–Kier alpha value is -2.29. The summed E-state index contributed by atoms with van der Waals surface area (Å²) in [5.41, 5.74) is 0.589. The second kappa shape index (κ2) is 5.24. The van der Waals surface area contributed by atoms with Gasteiger partial charge >= 0.3 is 5.69 Å². The fraction of sp³-hybridized carbons (Fsp3) is 0.417. The van der Waals surface area contributed by atoms with E-state index in [0.29, 0.717) is 23.5 Å². The van der Waals surface area contributed by atoms with Crippen molar-refractivity contribution in [3.63, 3.8) is 0 Å². The van der Waals surface area contributed by atoms with Crippen LogP contribution in [0.5, 0.6) is 0 Å².